The Balaban J connectivity index is 0.00000131. The summed E-state index contributed by atoms with van der Waals surface area (Å²) in [4.78, 5) is -1.13. The Bertz CT molecular complexity index is 1400. The summed E-state index contributed by atoms with van der Waals surface area (Å²) in [6.07, 6.45) is 0. The zero-order valence-corrected chi connectivity index (χ0v) is 22.8. The Morgan fingerprint density at radius 2 is 1.25 bits per heavy atom. The van der Waals surface area contributed by atoms with Crippen LogP contribution in [0.15, 0.2) is 46.2 Å². The maximum absolute atomic E-state index is 11.5. The third kappa shape index (κ3) is 4.29. The largest absolute Gasteiger partial charge is 1.00 e. The average molecular weight is 444 g/mol. The van der Waals surface area contributed by atoms with Crippen LogP contribution in [-0.4, -0.2) is 31.0 Å². The summed E-state index contributed by atoms with van der Waals surface area (Å²) in [7, 11) is -9.69. The Kier molecular flexibility index (Phi) is 8.50. The van der Waals surface area contributed by atoms with Crippen LogP contribution < -0.4 is 88.7 Å². The molecule has 0 aliphatic rings. The molecular formula is C16H7Na3O7S2. The maximum atomic E-state index is 11.5. The smallest absolute Gasteiger partial charge is 0.752 e. The van der Waals surface area contributed by atoms with Gasteiger partial charge >= 0.3 is 88.7 Å². The minimum Gasteiger partial charge on any atom is -0.752 e. The van der Waals surface area contributed by atoms with Gasteiger partial charge in [-0.05, 0) is 21.7 Å². The van der Waals surface area contributed by atoms with Crippen LogP contribution >= 0.6 is 0 Å². The summed E-state index contributed by atoms with van der Waals surface area (Å²) in [5.41, 5.74) is 0. The third-order valence-electron chi connectivity index (χ3n) is 4.13. The molecule has 0 atom stereocenters. The molecule has 1 N–H and O–H groups in total. The fraction of sp³-hybridized carbons (Fsp3) is 0. The van der Waals surface area contributed by atoms with E-state index in [2.05, 4.69) is 6.07 Å². The fourth-order valence-corrected chi connectivity index (χ4v) is 4.49. The number of phenolic OH excluding ortho intramolecular Hbond substituents is 1. The van der Waals surface area contributed by atoms with Gasteiger partial charge in [0, 0.05) is 5.39 Å². The van der Waals surface area contributed by atoms with E-state index in [1.54, 1.807) is 6.07 Å². The van der Waals surface area contributed by atoms with Crippen LogP contribution in [0.4, 0.5) is 0 Å². The summed E-state index contributed by atoms with van der Waals surface area (Å²) >= 11 is 0. The summed E-state index contributed by atoms with van der Waals surface area (Å²) in [6, 6.07) is 10.2. The van der Waals surface area contributed by atoms with E-state index in [-0.39, 0.29) is 116 Å². The molecule has 0 unspecified atom stereocenters. The molecule has 4 rings (SSSR count). The quantitative estimate of drug-likeness (QED) is 0.141. The second-order valence-electron chi connectivity index (χ2n) is 5.53. The molecule has 0 heterocycles. The predicted octanol–water partition coefficient (Wildman–Crippen LogP) is -7.09. The van der Waals surface area contributed by atoms with Crippen LogP contribution in [0, 0.1) is 6.07 Å². The molecule has 0 bridgehead atoms. The van der Waals surface area contributed by atoms with Crippen molar-refractivity contribution in [2.24, 2.45) is 0 Å². The summed E-state index contributed by atoms with van der Waals surface area (Å²) < 4.78 is 69.1. The molecular weight excluding hydrogens is 437 g/mol. The van der Waals surface area contributed by atoms with Crippen molar-refractivity contribution < 1.29 is 120 Å². The van der Waals surface area contributed by atoms with E-state index >= 15 is 0 Å². The second-order valence-corrected chi connectivity index (χ2v) is 8.22. The molecule has 0 saturated heterocycles. The SMILES string of the molecule is O=S(=O)([O-])c1c[c-]c2ccc3c(O)cc(S(=O)(=O)[O-])c4ccc1c2c34.[Na+].[Na+].[Na+]. The van der Waals surface area contributed by atoms with E-state index in [1.807, 2.05) is 0 Å². The van der Waals surface area contributed by atoms with Crippen molar-refractivity contribution in [3.63, 3.8) is 0 Å². The second kappa shape index (κ2) is 8.96. The zero-order chi connectivity index (χ0) is 18.1. The van der Waals surface area contributed by atoms with E-state index < -0.39 is 35.8 Å². The summed E-state index contributed by atoms with van der Waals surface area (Å²) in [6.45, 7) is 0. The molecule has 0 aliphatic carbocycles. The van der Waals surface area contributed by atoms with Gasteiger partial charge in [-0.25, -0.2) is 16.8 Å². The van der Waals surface area contributed by atoms with E-state index in [0.29, 0.717) is 5.39 Å². The van der Waals surface area contributed by atoms with Crippen molar-refractivity contribution in [1.82, 2.24) is 0 Å². The normalized spacial score (nSPS) is 11.8. The molecule has 0 spiro atoms. The molecule has 28 heavy (non-hydrogen) atoms. The molecule has 128 valence electrons. The molecule has 0 radical (unpaired) electrons. The number of aromatic hydroxyl groups is 1. The van der Waals surface area contributed by atoms with Crippen molar-refractivity contribution >= 4 is 52.6 Å². The number of phenols is 1. The predicted molar refractivity (Wildman–Crippen MR) is 86.6 cm³/mol. The monoisotopic (exact) mass is 444 g/mol. The Labute approximate surface area is 227 Å². The van der Waals surface area contributed by atoms with Crippen molar-refractivity contribution in [3.8, 4) is 5.75 Å². The Hall–Kier alpha value is 0.540. The van der Waals surface area contributed by atoms with Gasteiger partial charge in [0.05, 0.1) is 15.0 Å². The van der Waals surface area contributed by atoms with Crippen molar-refractivity contribution in [2.45, 2.75) is 9.79 Å². The van der Waals surface area contributed by atoms with Crippen molar-refractivity contribution in [2.75, 3.05) is 0 Å². The first-order valence-corrected chi connectivity index (χ1v) is 9.67. The topological polar surface area (TPSA) is 135 Å². The van der Waals surface area contributed by atoms with E-state index in [0.717, 1.165) is 12.1 Å². The van der Waals surface area contributed by atoms with Gasteiger partial charge in [-0.1, -0.05) is 29.0 Å². The number of benzene rings is 4. The Morgan fingerprint density at radius 3 is 1.79 bits per heavy atom. The molecule has 0 aliphatic heterocycles. The van der Waals surface area contributed by atoms with Gasteiger partial charge in [-0.15, -0.1) is 23.6 Å². The van der Waals surface area contributed by atoms with E-state index in [1.165, 1.54) is 18.2 Å². The van der Waals surface area contributed by atoms with Crippen molar-refractivity contribution in [1.29, 1.82) is 0 Å². The van der Waals surface area contributed by atoms with Gasteiger partial charge in [0.15, 0.2) is 0 Å². The van der Waals surface area contributed by atoms with Crippen molar-refractivity contribution in [3.05, 3.63) is 42.5 Å². The van der Waals surface area contributed by atoms with Crippen LogP contribution in [0.1, 0.15) is 0 Å². The third-order valence-corrected chi connectivity index (χ3v) is 5.89. The molecule has 7 nitrogen and oxygen atoms in total. The Morgan fingerprint density at radius 1 is 0.750 bits per heavy atom. The van der Waals surface area contributed by atoms with Gasteiger partial charge in [0.2, 0.25) is 0 Å². The maximum Gasteiger partial charge on any atom is 1.00 e. The average Bonchev–Trinajstić information content (AvgIpc) is 2.51. The number of hydrogen-bond acceptors (Lipinski definition) is 7. The molecule has 0 amide bonds. The molecule has 0 saturated carbocycles. The summed E-state index contributed by atoms with van der Waals surface area (Å²) in [5.74, 6) is -0.438. The van der Waals surface area contributed by atoms with Gasteiger partial charge in [0.1, 0.15) is 15.9 Å². The molecule has 4 aromatic carbocycles. The number of rotatable bonds is 2. The molecule has 0 aromatic heterocycles. The van der Waals surface area contributed by atoms with Crippen LogP contribution in [0.25, 0.3) is 32.3 Å². The molecule has 0 fully saturated rings. The fourth-order valence-electron chi connectivity index (χ4n) is 3.15. The van der Waals surface area contributed by atoms with Crippen LogP contribution in [0.5, 0.6) is 5.75 Å². The van der Waals surface area contributed by atoms with Gasteiger partial charge < -0.3 is 14.2 Å². The van der Waals surface area contributed by atoms with Crippen LogP contribution in [-0.2, 0) is 20.2 Å². The summed E-state index contributed by atoms with van der Waals surface area (Å²) in [5, 5.41) is 11.3. The van der Waals surface area contributed by atoms with Gasteiger partial charge in [-0.3, -0.25) is 0 Å². The minimum atomic E-state index is -4.89. The standard InChI is InChI=1S/C16H9O7S2.3Na/c17-12-7-14(25(21,22)23)11-5-4-10-13(24(18,19)20)6-2-8-1-3-9(12)16(11)15(8)10;;;/h1,3-7,17H,(H,18,19,20)(H,21,22,23);;;/q-1;3*+1/p-2. The van der Waals surface area contributed by atoms with Gasteiger partial charge in [0.25, 0.3) is 0 Å². The zero-order valence-electron chi connectivity index (χ0n) is 15.2. The van der Waals surface area contributed by atoms with Crippen LogP contribution in [0.2, 0.25) is 0 Å². The first-order chi connectivity index (χ1) is 11.6. The van der Waals surface area contributed by atoms with E-state index in [9.17, 15) is 31.0 Å². The first-order valence-electron chi connectivity index (χ1n) is 6.86. The van der Waals surface area contributed by atoms with Crippen LogP contribution in [0.3, 0.4) is 0 Å². The van der Waals surface area contributed by atoms with Gasteiger partial charge in [-0.2, -0.15) is 0 Å². The first kappa shape index (κ1) is 26.6. The van der Waals surface area contributed by atoms with E-state index in [4.69, 9.17) is 0 Å². The minimum absolute atomic E-state index is 0. The molecule has 12 heteroatoms. The number of hydrogen-bond donors (Lipinski definition) is 1. The molecule has 4 aromatic rings.